The minimum Gasteiger partial charge on any atom is -0.241 e. The second-order valence-electron chi connectivity index (χ2n) is 4.70. The lowest BCUT2D eigenvalue weighted by atomic mass is 10.1. The summed E-state index contributed by atoms with van der Waals surface area (Å²) < 4.78 is 1.94. The van der Waals surface area contributed by atoms with Crippen molar-refractivity contribution in [3.05, 3.63) is 48.3 Å². The van der Waals surface area contributed by atoms with Crippen molar-refractivity contribution in [1.29, 1.82) is 0 Å². The van der Waals surface area contributed by atoms with Gasteiger partial charge in [0.1, 0.15) is 0 Å². The molecule has 0 bridgehead atoms. The summed E-state index contributed by atoms with van der Waals surface area (Å²) in [5.41, 5.74) is 2.39. The lowest BCUT2D eigenvalue weighted by molar-refractivity contribution is 0.721. The van der Waals surface area contributed by atoms with E-state index in [0.29, 0.717) is 4.83 Å². The number of hydrogen-bond acceptors (Lipinski definition) is 1. The van der Waals surface area contributed by atoms with Crippen molar-refractivity contribution in [2.24, 2.45) is 5.92 Å². The van der Waals surface area contributed by atoms with Crippen molar-refractivity contribution in [1.82, 2.24) is 9.78 Å². The van der Waals surface area contributed by atoms with E-state index in [-0.39, 0.29) is 0 Å². The minimum absolute atomic E-state index is 0.451. The van der Waals surface area contributed by atoms with Crippen LogP contribution in [0.4, 0.5) is 0 Å². The number of rotatable bonds is 4. The Morgan fingerprint density at radius 3 is 2.76 bits per heavy atom. The molecule has 1 fully saturated rings. The first-order valence-electron chi connectivity index (χ1n) is 6.07. The number of benzene rings is 1. The van der Waals surface area contributed by atoms with Gasteiger partial charge in [0, 0.05) is 16.6 Å². The Labute approximate surface area is 110 Å². The zero-order valence-electron chi connectivity index (χ0n) is 9.59. The van der Waals surface area contributed by atoms with Crippen LogP contribution in [0.3, 0.4) is 0 Å². The fraction of sp³-hybridized carbons (Fsp3) is 0.357. The summed E-state index contributed by atoms with van der Waals surface area (Å²) in [4.78, 5) is 0.451. The molecular weight excluding hydrogens is 276 g/mol. The summed E-state index contributed by atoms with van der Waals surface area (Å²) in [6.07, 6.45) is 8.12. The first-order chi connectivity index (χ1) is 8.33. The van der Waals surface area contributed by atoms with Crippen LogP contribution in [0.2, 0.25) is 0 Å². The highest BCUT2D eigenvalue weighted by molar-refractivity contribution is 9.09. The second-order valence-corrected chi connectivity index (χ2v) is 5.81. The van der Waals surface area contributed by atoms with Gasteiger partial charge in [-0.25, -0.2) is 4.68 Å². The topological polar surface area (TPSA) is 17.8 Å². The minimum atomic E-state index is 0.451. The summed E-state index contributed by atoms with van der Waals surface area (Å²) in [7, 11) is 0. The normalized spacial score (nSPS) is 17.0. The van der Waals surface area contributed by atoms with Gasteiger partial charge < -0.3 is 0 Å². The van der Waals surface area contributed by atoms with Crippen LogP contribution in [0.15, 0.2) is 42.7 Å². The van der Waals surface area contributed by atoms with Crippen molar-refractivity contribution in [2.45, 2.75) is 24.1 Å². The third-order valence-corrected chi connectivity index (χ3v) is 4.12. The van der Waals surface area contributed by atoms with E-state index in [1.165, 1.54) is 24.8 Å². The summed E-state index contributed by atoms with van der Waals surface area (Å²) >= 11 is 3.76. The van der Waals surface area contributed by atoms with Gasteiger partial charge in [-0.05, 0) is 24.5 Å². The molecule has 2 nitrogen and oxygen atoms in total. The van der Waals surface area contributed by atoms with Crippen LogP contribution in [-0.2, 0) is 0 Å². The van der Waals surface area contributed by atoms with E-state index < -0.39 is 0 Å². The van der Waals surface area contributed by atoms with Crippen LogP contribution < -0.4 is 0 Å². The van der Waals surface area contributed by atoms with E-state index in [0.717, 1.165) is 11.6 Å². The maximum Gasteiger partial charge on any atom is 0.0645 e. The molecule has 1 atom stereocenters. The van der Waals surface area contributed by atoms with Crippen molar-refractivity contribution in [3.8, 4) is 5.69 Å². The summed E-state index contributed by atoms with van der Waals surface area (Å²) in [5.74, 6) is 0.930. The van der Waals surface area contributed by atoms with E-state index in [9.17, 15) is 0 Å². The zero-order chi connectivity index (χ0) is 11.7. The lowest BCUT2D eigenvalue weighted by Gasteiger charge is -2.05. The van der Waals surface area contributed by atoms with Gasteiger partial charge in [-0.3, -0.25) is 0 Å². The van der Waals surface area contributed by atoms with Gasteiger partial charge >= 0.3 is 0 Å². The molecule has 1 saturated carbocycles. The molecule has 3 heteroatoms. The molecule has 17 heavy (non-hydrogen) atoms. The van der Waals surface area contributed by atoms with Crippen molar-refractivity contribution >= 4 is 15.9 Å². The van der Waals surface area contributed by atoms with Crippen molar-refractivity contribution in [2.75, 3.05) is 0 Å². The number of alkyl halides is 1. The van der Waals surface area contributed by atoms with Gasteiger partial charge in [-0.1, -0.05) is 47.0 Å². The molecule has 3 rings (SSSR count). The summed E-state index contributed by atoms with van der Waals surface area (Å²) in [6.45, 7) is 0. The molecule has 1 aromatic carbocycles. The van der Waals surface area contributed by atoms with E-state index >= 15 is 0 Å². The molecule has 1 aliphatic carbocycles. The third kappa shape index (κ3) is 2.60. The van der Waals surface area contributed by atoms with Crippen molar-refractivity contribution < 1.29 is 0 Å². The molecular formula is C14H15BrN2. The van der Waals surface area contributed by atoms with Gasteiger partial charge in [0.25, 0.3) is 0 Å². The Kier molecular flexibility index (Phi) is 3.02. The highest BCUT2D eigenvalue weighted by Crippen LogP contribution is 2.41. The van der Waals surface area contributed by atoms with Gasteiger partial charge in [0.2, 0.25) is 0 Å². The Morgan fingerprint density at radius 2 is 2.06 bits per heavy atom. The molecule has 0 N–H and O–H groups in total. The van der Waals surface area contributed by atoms with Crippen LogP contribution in [0.5, 0.6) is 0 Å². The maximum atomic E-state index is 4.42. The van der Waals surface area contributed by atoms with Gasteiger partial charge in [0.15, 0.2) is 0 Å². The number of para-hydroxylation sites is 1. The number of halogens is 1. The molecule has 1 aliphatic rings. The molecule has 0 amide bonds. The highest BCUT2D eigenvalue weighted by atomic mass is 79.9. The molecule has 0 spiro atoms. The third-order valence-electron chi connectivity index (χ3n) is 3.22. The predicted molar refractivity (Wildman–Crippen MR) is 72.6 cm³/mol. The molecule has 0 saturated heterocycles. The quantitative estimate of drug-likeness (QED) is 0.775. The molecule has 1 heterocycles. The van der Waals surface area contributed by atoms with Gasteiger partial charge in [-0.15, -0.1) is 0 Å². The first-order valence-corrected chi connectivity index (χ1v) is 6.98. The van der Waals surface area contributed by atoms with E-state index in [2.05, 4.69) is 39.4 Å². The van der Waals surface area contributed by atoms with Crippen LogP contribution in [0.25, 0.3) is 5.69 Å². The molecule has 88 valence electrons. The molecule has 1 aromatic heterocycles. The van der Waals surface area contributed by atoms with Crippen LogP contribution in [0, 0.1) is 5.92 Å². The first kappa shape index (κ1) is 11.0. The zero-order valence-corrected chi connectivity index (χ0v) is 11.2. The van der Waals surface area contributed by atoms with Gasteiger partial charge in [0.05, 0.1) is 11.9 Å². The lowest BCUT2D eigenvalue weighted by Crippen LogP contribution is -1.93. The smallest absolute Gasteiger partial charge is 0.0645 e. The van der Waals surface area contributed by atoms with Crippen LogP contribution >= 0.6 is 15.9 Å². The van der Waals surface area contributed by atoms with Crippen LogP contribution in [-0.4, -0.2) is 9.78 Å². The van der Waals surface area contributed by atoms with E-state index in [1.54, 1.807) is 0 Å². The second kappa shape index (κ2) is 4.65. The Hall–Kier alpha value is -1.09. The van der Waals surface area contributed by atoms with Crippen LogP contribution in [0.1, 0.15) is 29.7 Å². The molecule has 0 radical (unpaired) electrons. The average Bonchev–Trinajstić information content (AvgIpc) is 3.04. The van der Waals surface area contributed by atoms with E-state index in [4.69, 9.17) is 0 Å². The Bertz CT molecular complexity index is 488. The monoisotopic (exact) mass is 290 g/mol. The number of nitrogens with zero attached hydrogens (tertiary/aromatic N) is 2. The SMILES string of the molecule is BrC(CC1CC1)c1cnn(-c2ccccc2)c1. The number of hydrogen-bond donors (Lipinski definition) is 0. The fourth-order valence-corrected chi connectivity index (χ4v) is 2.77. The predicted octanol–water partition coefficient (Wildman–Crippen LogP) is 4.11. The Morgan fingerprint density at radius 1 is 1.29 bits per heavy atom. The van der Waals surface area contributed by atoms with Gasteiger partial charge in [-0.2, -0.15) is 5.10 Å². The Balaban J connectivity index is 1.77. The van der Waals surface area contributed by atoms with E-state index in [1.807, 2.05) is 29.1 Å². The van der Waals surface area contributed by atoms with Crippen molar-refractivity contribution in [3.63, 3.8) is 0 Å². The average molecular weight is 291 g/mol. The maximum absolute atomic E-state index is 4.42. The largest absolute Gasteiger partial charge is 0.241 e. The molecule has 0 aliphatic heterocycles. The summed E-state index contributed by atoms with van der Waals surface area (Å²) in [6, 6.07) is 10.2. The summed E-state index contributed by atoms with van der Waals surface area (Å²) in [5, 5.41) is 4.42. The molecule has 2 aromatic rings. The fourth-order valence-electron chi connectivity index (χ4n) is 2.00. The highest BCUT2D eigenvalue weighted by Gasteiger charge is 2.25. The molecule has 1 unspecified atom stereocenters. The number of aromatic nitrogens is 2. The standard InChI is InChI=1S/C14H15BrN2/c15-14(8-11-6-7-11)12-9-16-17(10-12)13-4-2-1-3-5-13/h1-5,9-11,14H,6-8H2.